The second kappa shape index (κ2) is 8.43. The van der Waals surface area contributed by atoms with Gasteiger partial charge in [0, 0.05) is 24.1 Å². The summed E-state index contributed by atoms with van der Waals surface area (Å²) < 4.78 is 0. The molecular weight excluding hydrogens is 300 g/mol. The first-order valence-electron chi connectivity index (χ1n) is 8.59. The van der Waals surface area contributed by atoms with Crippen molar-refractivity contribution in [2.24, 2.45) is 0 Å². The van der Waals surface area contributed by atoms with Crippen LogP contribution in [0.15, 0.2) is 30.6 Å². The van der Waals surface area contributed by atoms with Gasteiger partial charge in [-0.2, -0.15) is 0 Å². The van der Waals surface area contributed by atoms with Crippen LogP contribution in [-0.4, -0.2) is 21.9 Å². The summed E-state index contributed by atoms with van der Waals surface area (Å²) in [6.07, 6.45) is 5.89. The number of aromatic nitrogens is 2. The summed E-state index contributed by atoms with van der Waals surface area (Å²) in [4.78, 5) is 20.7. The SMILES string of the molecule is CCc1cccc(CC)c1Nc1ncc(C(=O)NC(C)CC)cn1. The molecule has 5 nitrogen and oxygen atoms in total. The molecule has 1 aromatic heterocycles. The Morgan fingerprint density at radius 1 is 1.08 bits per heavy atom. The molecule has 128 valence electrons. The minimum absolute atomic E-state index is 0.138. The van der Waals surface area contributed by atoms with E-state index in [0.717, 1.165) is 24.9 Å². The van der Waals surface area contributed by atoms with E-state index in [9.17, 15) is 4.79 Å². The van der Waals surface area contributed by atoms with Crippen LogP contribution in [0.1, 0.15) is 55.6 Å². The first-order chi connectivity index (χ1) is 11.6. The van der Waals surface area contributed by atoms with Gasteiger partial charge in [0.15, 0.2) is 0 Å². The maximum atomic E-state index is 12.1. The second-order valence-corrected chi connectivity index (χ2v) is 5.86. The summed E-state index contributed by atoms with van der Waals surface area (Å²) in [5.41, 5.74) is 4.01. The molecule has 0 fully saturated rings. The zero-order valence-electron chi connectivity index (χ0n) is 14.9. The maximum absolute atomic E-state index is 12.1. The molecule has 1 heterocycles. The summed E-state index contributed by atoms with van der Waals surface area (Å²) in [6.45, 7) is 8.26. The Bertz CT molecular complexity index is 660. The molecule has 0 aliphatic heterocycles. The van der Waals surface area contributed by atoms with Crippen molar-refractivity contribution in [2.75, 3.05) is 5.32 Å². The summed E-state index contributed by atoms with van der Waals surface area (Å²) in [5, 5.41) is 6.22. The van der Waals surface area contributed by atoms with E-state index < -0.39 is 0 Å². The molecule has 1 atom stereocenters. The van der Waals surface area contributed by atoms with Gasteiger partial charge in [-0.1, -0.05) is 39.0 Å². The van der Waals surface area contributed by atoms with E-state index in [2.05, 4.69) is 52.6 Å². The number of hydrogen-bond donors (Lipinski definition) is 2. The molecule has 0 aliphatic rings. The Balaban J connectivity index is 2.17. The topological polar surface area (TPSA) is 66.9 Å². The van der Waals surface area contributed by atoms with E-state index in [1.807, 2.05) is 13.8 Å². The Morgan fingerprint density at radius 2 is 1.67 bits per heavy atom. The molecule has 2 N–H and O–H groups in total. The van der Waals surface area contributed by atoms with Gasteiger partial charge in [-0.15, -0.1) is 0 Å². The molecule has 0 spiro atoms. The molecule has 0 bridgehead atoms. The third-order valence-corrected chi connectivity index (χ3v) is 4.14. The average molecular weight is 326 g/mol. The normalized spacial score (nSPS) is 11.8. The predicted molar refractivity (Wildman–Crippen MR) is 97.7 cm³/mol. The van der Waals surface area contributed by atoms with E-state index in [1.54, 1.807) is 12.4 Å². The van der Waals surface area contributed by atoms with Crippen molar-refractivity contribution in [1.29, 1.82) is 0 Å². The van der Waals surface area contributed by atoms with Crippen molar-refractivity contribution >= 4 is 17.5 Å². The van der Waals surface area contributed by atoms with Gasteiger partial charge in [-0.05, 0) is 37.3 Å². The van der Waals surface area contributed by atoms with Crippen LogP contribution >= 0.6 is 0 Å². The lowest BCUT2D eigenvalue weighted by molar-refractivity contribution is 0.0938. The largest absolute Gasteiger partial charge is 0.350 e. The van der Waals surface area contributed by atoms with Crippen LogP contribution in [0.2, 0.25) is 0 Å². The van der Waals surface area contributed by atoms with Gasteiger partial charge in [0.25, 0.3) is 5.91 Å². The van der Waals surface area contributed by atoms with Crippen LogP contribution in [0, 0.1) is 0 Å². The van der Waals surface area contributed by atoms with Gasteiger partial charge < -0.3 is 10.6 Å². The molecule has 1 amide bonds. The number of hydrogen-bond acceptors (Lipinski definition) is 4. The molecule has 0 saturated heterocycles. The highest BCUT2D eigenvalue weighted by Gasteiger charge is 2.11. The first kappa shape index (κ1) is 17.9. The van der Waals surface area contributed by atoms with Crippen LogP contribution in [0.3, 0.4) is 0 Å². The van der Waals surface area contributed by atoms with Gasteiger partial charge >= 0.3 is 0 Å². The van der Waals surface area contributed by atoms with Crippen molar-refractivity contribution in [1.82, 2.24) is 15.3 Å². The fourth-order valence-corrected chi connectivity index (χ4v) is 2.43. The monoisotopic (exact) mass is 326 g/mol. The lowest BCUT2D eigenvalue weighted by Crippen LogP contribution is -2.32. The number of aryl methyl sites for hydroxylation is 2. The van der Waals surface area contributed by atoms with Gasteiger partial charge in [-0.3, -0.25) is 4.79 Å². The zero-order chi connectivity index (χ0) is 17.5. The van der Waals surface area contributed by atoms with Crippen LogP contribution in [0.25, 0.3) is 0 Å². The van der Waals surface area contributed by atoms with Crippen LogP contribution in [0.5, 0.6) is 0 Å². The molecule has 2 rings (SSSR count). The lowest BCUT2D eigenvalue weighted by atomic mass is 10.0. The molecule has 1 unspecified atom stereocenters. The van der Waals surface area contributed by atoms with Crippen molar-refractivity contribution in [3.8, 4) is 0 Å². The van der Waals surface area contributed by atoms with E-state index in [1.165, 1.54) is 11.1 Å². The van der Waals surface area contributed by atoms with Crippen LogP contribution < -0.4 is 10.6 Å². The number of carbonyl (C=O) groups excluding carboxylic acids is 1. The highest BCUT2D eigenvalue weighted by Crippen LogP contribution is 2.24. The standard InChI is InChI=1S/C19H26N4O/c1-5-13(4)22-18(24)16-11-20-19(21-12-16)23-17-14(6-2)9-8-10-15(17)7-3/h8-13H,5-7H2,1-4H3,(H,22,24)(H,20,21,23). The highest BCUT2D eigenvalue weighted by atomic mass is 16.1. The summed E-state index contributed by atoms with van der Waals surface area (Å²) in [5.74, 6) is 0.366. The predicted octanol–water partition coefficient (Wildman–Crippen LogP) is 3.87. The molecule has 2 aromatic rings. The lowest BCUT2D eigenvalue weighted by Gasteiger charge is -2.14. The third kappa shape index (κ3) is 4.31. The van der Waals surface area contributed by atoms with Crippen molar-refractivity contribution in [3.63, 3.8) is 0 Å². The Morgan fingerprint density at radius 3 is 2.17 bits per heavy atom. The van der Waals surface area contributed by atoms with E-state index in [4.69, 9.17) is 0 Å². The number of carbonyl (C=O) groups is 1. The van der Waals surface area contributed by atoms with Crippen molar-refractivity contribution < 1.29 is 4.79 Å². The number of rotatable bonds is 7. The third-order valence-electron chi connectivity index (χ3n) is 4.14. The minimum Gasteiger partial charge on any atom is -0.350 e. The molecule has 1 aromatic carbocycles. The number of amides is 1. The highest BCUT2D eigenvalue weighted by molar-refractivity contribution is 5.93. The Kier molecular flexibility index (Phi) is 6.29. The van der Waals surface area contributed by atoms with E-state index >= 15 is 0 Å². The number of anilines is 2. The fraction of sp³-hybridized carbons (Fsp3) is 0.421. The van der Waals surface area contributed by atoms with Crippen LogP contribution in [0.4, 0.5) is 11.6 Å². The van der Waals surface area contributed by atoms with Gasteiger partial charge in [0.05, 0.1) is 5.56 Å². The quantitative estimate of drug-likeness (QED) is 0.810. The zero-order valence-corrected chi connectivity index (χ0v) is 14.9. The van der Waals surface area contributed by atoms with E-state index in [-0.39, 0.29) is 11.9 Å². The summed E-state index contributed by atoms with van der Waals surface area (Å²) in [7, 11) is 0. The van der Waals surface area contributed by atoms with Crippen molar-refractivity contribution in [2.45, 2.75) is 53.0 Å². The number of para-hydroxylation sites is 1. The smallest absolute Gasteiger partial charge is 0.254 e. The second-order valence-electron chi connectivity index (χ2n) is 5.86. The van der Waals surface area contributed by atoms with Gasteiger partial charge in [-0.25, -0.2) is 9.97 Å². The molecule has 5 heteroatoms. The minimum atomic E-state index is -0.140. The van der Waals surface area contributed by atoms with Crippen LogP contribution in [-0.2, 0) is 12.8 Å². The maximum Gasteiger partial charge on any atom is 0.254 e. The average Bonchev–Trinajstić information content (AvgIpc) is 2.62. The summed E-state index contributed by atoms with van der Waals surface area (Å²) in [6, 6.07) is 6.43. The van der Waals surface area contributed by atoms with Gasteiger partial charge in [0.1, 0.15) is 0 Å². The first-order valence-corrected chi connectivity index (χ1v) is 8.59. The number of nitrogens with one attached hydrogen (secondary N) is 2. The molecular formula is C19H26N4O. The van der Waals surface area contributed by atoms with E-state index in [0.29, 0.717) is 11.5 Å². The molecule has 0 saturated carbocycles. The molecule has 0 aliphatic carbocycles. The summed E-state index contributed by atoms with van der Waals surface area (Å²) >= 11 is 0. The Hall–Kier alpha value is -2.43. The number of nitrogens with zero attached hydrogens (tertiary/aromatic N) is 2. The molecule has 24 heavy (non-hydrogen) atoms. The van der Waals surface area contributed by atoms with Crippen molar-refractivity contribution in [3.05, 3.63) is 47.3 Å². The van der Waals surface area contributed by atoms with Gasteiger partial charge in [0.2, 0.25) is 5.95 Å². The molecule has 0 radical (unpaired) electrons. The Labute approximate surface area is 143 Å². The fourth-order valence-electron chi connectivity index (χ4n) is 2.43. The number of benzene rings is 1.